The molecule has 0 aliphatic rings. The van der Waals surface area contributed by atoms with E-state index in [1.807, 2.05) is 20.8 Å². The molecule has 152 valence electrons. The summed E-state index contributed by atoms with van der Waals surface area (Å²) >= 11 is 0. The molecule has 0 rings (SSSR count). The third kappa shape index (κ3) is 10.0. The first-order valence-electron chi connectivity index (χ1n) is 9.50. The average Bonchev–Trinajstić information content (AvgIpc) is 2.44. The Bertz CT molecular complexity index is 298. The highest BCUT2D eigenvalue weighted by molar-refractivity contribution is 6.60. The van der Waals surface area contributed by atoms with Crippen molar-refractivity contribution < 1.29 is 13.3 Å². The molecule has 0 aliphatic carbocycles. The molecule has 6 nitrogen and oxygen atoms in total. The van der Waals surface area contributed by atoms with Crippen molar-refractivity contribution in [1.82, 2.24) is 14.7 Å². The van der Waals surface area contributed by atoms with E-state index in [2.05, 4.69) is 57.0 Å². The molecule has 0 aromatic carbocycles. The first kappa shape index (κ1) is 25.0. The van der Waals surface area contributed by atoms with Crippen molar-refractivity contribution in [3.63, 3.8) is 0 Å². The second-order valence-corrected chi connectivity index (χ2v) is 10.4. The Labute approximate surface area is 157 Å². The van der Waals surface area contributed by atoms with E-state index >= 15 is 0 Å². The zero-order valence-corrected chi connectivity index (χ0v) is 19.2. The molecule has 0 radical (unpaired) electrons. The monoisotopic (exact) mass is 377 g/mol. The van der Waals surface area contributed by atoms with Crippen LogP contribution < -0.4 is 0 Å². The lowest BCUT2D eigenvalue weighted by atomic mass is 9.83. The van der Waals surface area contributed by atoms with Crippen LogP contribution in [0.15, 0.2) is 0 Å². The van der Waals surface area contributed by atoms with Gasteiger partial charge in [0.25, 0.3) is 0 Å². The molecule has 0 aromatic heterocycles. The summed E-state index contributed by atoms with van der Waals surface area (Å²) < 4.78 is 18.2. The molecule has 0 bridgehead atoms. The van der Waals surface area contributed by atoms with E-state index in [1.165, 1.54) is 0 Å². The van der Waals surface area contributed by atoms with Crippen LogP contribution in [0, 0.1) is 5.41 Å². The standard InChI is InChI=1S/C18H43N3O3Si/c1-10-22-25(23-11-2,24-12-3)14-13-18(15-19(4)5,16-20(6)7)17-21(8)9/h10-17H2,1-9H3. The van der Waals surface area contributed by atoms with Gasteiger partial charge in [0.1, 0.15) is 0 Å². The number of hydrogen-bond acceptors (Lipinski definition) is 6. The van der Waals surface area contributed by atoms with E-state index in [1.54, 1.807) is 0 Å². The summed E-state index contributed by atoms with van der Waals surface area (Å²) in [7, 11) is 10.3. The Kier molecular flexibility index (Phi) is 12.4. The molecule has 0 unspecified atom stereocenters. The maximum absolute atomic E-state index is 6.07. The van der Waals surface area contributed by atoms with Crippen molar-refractivity contribution in [2.24, 2.45) is 5.41 Å². The zero-order valence-electron chi connectivity index (χ0n) is 18.2. The topological polar surface area (TPSA) is 37.4 Å². The SMILES string of the molecule is CCO[Si](CCC(CN(C)C)(CN(C)C)CN(C)C)(OCC)OCC. The van der Waals surface area contributed by atoms with Gasteiger partial charge in [0.15, 0.2) is 0 Å². The van der Waals surface area contributed by atoms with Gasteiger partial charge in [0.2, 0.25) is 0 Å². The third-order valence-electron chi connectivity index (χ3n) is 4.01. The molecule has 0 N–H and O–H groups in total. The predicted octanol–water partition coefficient (Wildman–Crippen LogP) is 2.10. The molecule has 0 heterocycles. The molecular formula is C18H43N3O3Si. The first-order chi connectivity index (χ1) is 11.6. The average molecular weight is 378 g/mol. The van der Waals surface area contributed by atoms with Gasteiger partial charge in [0, 0.05) is 50.9 Å². The van der Waals surface area contributed by atoms with Gasteiger partial charge in [-0.15, -0.1) is 0 Å². The minimum Gasteiger partial charge on any atom is -0.374 e. The highest BCUT2D eigenvalue weighted by Gasteiger charge is 2.44. The minimum atomic E-state index is -2.61. The minimum absolute atomic E-state index is 0.139. The number of rotatable bonds is 15. The van der Waals surface area contributed by atoms with E-state index in [9.17, 15) is 0 Å². The summed E-state index contributed by atoms with van der Waals surface area (Å²) in [5.41, 5.74) is 0.139. The lowest BCUT2D eigenvalue weighted by Gasteiger charge is -2.42. The fourth-order valence-electron chi connectivity index (χ4n) is 3.82. The van der Waals surface area contributed by atoms with Gasteiger partial charge in [0.05, 0.1) is 0 Å². The fourth-order valence-corrected chi connectivity index (χ4v) is 6.66. The summed E-state index contributed by atoms with van der Waals surface area (Å²) in [5, 5.41) is 0. The molecule has 0 saturated carbocycles. The smallest absolute Gasteiger partial charge is 0.374 e. The van der Waals surface area contributed by atoms with Crippen LogP contribution in [0.2, 0.25) is 6.04 Å². The second-order valence-electron chi connectivity index (χ2n) is 7.70. The van der Waals surface area contributed by atoms with Gasteiger partial charge in [-0.25, -0.2) is 0 Å². The van der Waals surface area contributed by atoms with Crippen molar-refractivity contribution in [3.05, 3.63) is 0 Å². The lowest BCUT2D eigenvalue weighted by Crippen LogP contribution is -2.52. The lowest BCUT2D eigenvalue weighted by molar-refractivity contribution is 0.0560. The maximum Gasteiger partial charge on any atom is 0.500 e. The first-order valence-corrected chi connectivity index (χ1v) is 11.4. The van der Waals surface area contributed by atoms with Crippen molar-refractivity contribution in [2.75, 3.05) is 81.7 Å². The molecule has 0 aliphatic heterocycles. The van der Waals surface area contributed by atoms with Gasteiger partial charge < -0.3 is 28.0 Å². The van der Waals surface area contributed by atoms with Crippen LogP contribution in [0.4, 0.5) is 0 Å². The highest BCUT2D eigenvalue weighted by atomic mass is 28.4. The van der Waals surface area contributed by atoms with E-state index < -0.39 is 8.80 Å². The van der Waals surface area contributed by atoms with E-state index in [4.69, 9.17) is 13.3 Å². The molecule has 0 fully saturated rings. The molecule has 0 saturated heterocycles. The molecule has 0 amide bonds. The van der Waals surface area contributed by atoms with Gasteiger partial charge in [-0.05, 0) is 69.5 Å². The quantitative estimate of drug-likeness (QED) is 0.407. The van der Waals surface area contributed by atoms with Crippen LogP contribution >= 0.6 is 0 Å². The van der Waals surface area contributed by atoms with Gasteiger partial charge in [-0.1, -0.05) is 0 Å². The van der Waals surface area contributed by atoms with Crippen LogP contribution in [-0.4, -0.2) is 105 Å². The van der Waals surface area contributed by atoms with E-state index in [0.717, 1.165) is 32.1 Å². The summed E-state index contributed by atoms with van der Waals surface area (Å²) in [4.78, 5) is 6.87. The highest BCUT2D eigenvalue weighted by Crippen LogP contribution is 2.31. The fraction of sp³-hybridized carbons (Fsp3) is 1.00. The second kappa shape index (κ2) is 12.4. The van der Waals surface area contributed by atoms with Crippen LogP contribution in [0.3, 0.4) is 0 Å². The van der Waals surface area contributed by atoms with Crippen molar-refractivity contribution in [1.29, 1.82) is 0 Å². The number of nitrogens with zero attached hydrogens (tertiary/aromatic N) is 3. The van der Waals surface area contributed by atoms with Gasteiger partial charge in [-0.3, -0.25) is 0 Å². The molecular weight excluding hydrogens is 334 g/mol. The van der Waals surface area contributed by atoms with Crippen molar-refractivity contribution >= 4 is 8.80 Å². The largest absolute Gasteiger partial charge is 0.500 e. The summed E-state index contributed by atoms with van der Waals surface area (Å²) in [6, 6.07) is 0.859. The Morgan fingerprint density at radius 2 is 0.960 bits per heavy atom. The number of hydrogen-bond donors (Lipinski definition) is 0. The Morgan fingerprint density at radius 1 is 0.640 bits per heavy atom. The molecule has 0 spiro atoms. The van der Waals surface area contributed by atoms with Crippen LogP contribution in [-0.2, 0) is 13.3 Å². The van der Waals surface area contributed by atoms with Gasteiger partial charge >= 0.3 is 8.80 Å². The van der Waals surface area contributed by atoms with Crippen molar-refractivity contribution in [3.8, 4) is 0 Å². The predicted molar refractivity (Wildman–Crippen MR) is 108 cm³/mol. The van der Waals surface area contributed by atoms with Crippen LogP contribution in [0.25, 0.3) is 0 Å². The summed E-state index contributed by atoms with van der Waals surface area (Å²) in [5.74, 6) is 0. The Balaban J connectivity index is 5.46. The van der Waals surface area contributed by atoms with Crippen LogP contribution in [0.1, 0.15) is 27.2 Å². The Morgan fingerprint density at radius 3 is 1.20 bits per heavy atom. The molecule has 0 atom stereocenters. The molecule has 7 heteroatoms. The van der Waals surface area contributed by atoms with E-state index in [-0.39, 0.29) is 5.41 Å². The third-order valence-corrected chi connectivity index (χ3v) is 7.06. The molecule has 0 aromatic rings. The normalized spacial score (nSPS) is 13.4. The van der Waals surface area contributed by atoms with Gasteiger partial charge in [-0.2, -0.15) is 0 Å². The summed E-state index contributed by atoms with van der Waals surface area (Å²) in [6.07, 6.45) is 1.02. The Hall–Kier alpha value is -0.0231. The zero-order chi connectivity index (χ0) is 19.5. The summed E-state index contributed by atoms with van der Waals surface area (Å²) in [6.45, 7) is 11.0. The maximum atomic E-state index is 6.07. The van der Waals surface area contributed by atoms with E-state index in [0.29, 0.717) is 19.8 Å². The molecule has 25 heavy (non-hydrogen) atoms. The van der Waals surface area contributed by atoms with Crippen molar-refractivity contribution in [2.45, 2.75) is 33.2 Å². The van der Waals surface area contributed by atoms with Crippen LogP contribution in [0.5, 0.6) is 0 Å².